The predicted molar refractivity (Wildman–Crippen MR) is 109 cm³/mol. The summed E-state index contributed by atoms with van der Waals surface area (Å²) in [5.74, 6) is 1.11. The van der Waals surface area contributed by atoms with Crippen molar-refractivity contribution in [1.82, 2.24) is 15.2 Å². The smallest absolute Gasteiger partial charge is 0.251 e. The van der Waals surface area contributed by atoms with Crippen LogP contribution in [0.25, 0.3) is 0 Å². The number of amides is 2. The molecule has 6 heteroatoms. The van der Waals surface area contributed by atoms with Gasteiger partial charge in [0.25, 0.3) is 5.91 Å². The van der Waals surface area contributed by atoms with E-state index in [0.717, 1.165) is 44.7 Å². The third-order valence-electron chi connectivity index (χ3n) is 6.81. The molecule has 1 aliphatic carbocycles. The van der Waals surface area contributed by atoms with E-state index in [1.165, 1.54) is 32.1 Å². The highest BCUT2D eigenvalue weighted by atomic mass is 16.2. The number of carbonyl (C=O) groups excluding carboxylic acids is 2. The molecule has 0 aromatic carbocycles. The van der Waals surface area contributed by atoms with Gasteiger partial charge < -0.3 is 15.1 Å². The minimum atomic E-state index is -0.265. The lowest BCUT2D eigenvalue weighted by Crippen LogP contribution is -2.54. The van der Waals surface area contributed by atoms with Gasteiger partial charge in [0.15, 0.2) is 0 Å². The van der Waals surface area contributed by atoms with Crippen LogP contribution in [-0.2, 0) is 4.79 Å². The molecule has 152 valence electrons. The molecule has 1 aromatic rings. The minimum Gasteiger partial charge on any atom is -0.355 e. The molecule has 3 fully saturated rings. The molecule has 2 aliphatic heterocycles. The van der Waals surface area contributed by atoms with Gasteiger partial charge in [0.05, 0.1) is 5.41 Å². The second-order valence-electron chi connectivity index (χ2n) is 8.61. The van der Waals surface area contributed by atoms with Crippen LogP contribution in [0.4, 0.5) is 5.82 Å². The molecular weight excluding hydrogens is 352 g/mol. The fraction of sp³-hybridized carbons (Fsp3) is 0.682. The van der Waals surface area contributed by atoms with Gasteiger partial charge in [-0.15, -0.1) is 0 Å². The Morgan fingerprint density at radius 3 is 2.82 bits per heavy atom. The third kappa shape index (κ3) is 3.61. The lowest BCUT2D eigenvalue weighted by Gasteiger charge is -2.44. The first kappa shape index (κ1) is 19.2. The van der Waals surface area contributed by atoms with Gasteiger partial charge >= 0.3 is 0 Å². The maximum absolute atomic E-state index is 13.5. The summed E-state index contributed by atoms with van der Waals surface area (Å²) in [7, 11) is 0. The Bertz CT molecular complexity index is 731. The lowest BCUT2D eigenvalue weighted by molar-refractivity contribution is -0.148. The normalized spacial score (nSPS) is 26.1. The van der Waals surface area contributed by atoms with Crippen molar-refractivity contribution in [1.29, 1.82) is 0 Å². The average Bonchev–Trinajstić information content (AvgIpc) is 3.16. The Balaban J connectivity index is 1.49. The summed E-state index contributed by atoms with van der Waals surface area (Å²) in [5, 5.41) is 2.84. The quantitative estimate of drug-likeness (QED) is 0.867. The summed E-state index contributed by atoms with van der Waals surface area (Å²) in [6, 6.07) is 4.05. The highest BCUT2D eigenvalue weighted by Crippen LogP contribution is 2.43. The van der Waals surface area contributed by atoms with Crippen LogP contribution < -0.4 is 10.2 Å². The predicted octanol–water partition coefficient (Wildman–Crippen LogP) is 2.98. The number of carbonyl (C=O) groups is 2. The number of pyridine rings is 1. The average molecular weight is 385 g/mol. The first-order valence-corrected chi connectivity index (χ1v) is 10.9. The summed E-state index contributed by atoms with van der Waals surface area (Å²) in [5.41, 5.74) is 0.366. The first-order valence-electron chi connectivity index (χ1n) is 10.9. The van der Waals surface area contributed by atoms with Crippen molar-refractivity contribution >= 4 is 17.6 Å². The van der Waals surface area contributed by atoms with Crippen LogP contribution in [0.1, 0.15) is 68.6 Å². The van der Waals surface area contributed by atoms with Gasteiger partial charge in [-0.05, 0) is 51.2 Å². The van der Waals surface area contributed by atoms with Gasteiger partial charge in [-0.2, -0.15) is 0 Å². The van der Waals surface area contributed by atoms with E-state index >= 15 is 0 Å². The van der Waals surface area contributed by atoms with Crippen molar-refractivity contribution in [2.45, 2.75) is 64.3 Å². The van der Waals surface area contributed by atoms with Gasteiger partial charge in [-0.25, -0.2) is 4.98 Å². The van der Waals surface area contributed by atoms with Gasteiger partial charge in [0, 0.05) is 44.0 Å². The van der Waals surface area contributed by atoms with Crippen LogP contribution in [0.2, 0.25) is 0 Å². The van der Waals surface area contributed by atoms with Gasteiger partial charge in [-0.1, -0.05) is 19.3 Å². The monoisotopic (exact) mass is 384 g/mol. The van der Waals surface area contributed by atoms with E-state index in [-0.39, 0.29) is 11.3 Å². The van der Waals surface area contributed by atoms with Crippen LogP contribution in [0, 0.1) is 5.41 Å². The molecule has 0 bridgehead atoms. The number of hydrogen-bond acceptors (Lipinski definition) is 4. The van der Waals surface area contributed by atoms with Crippen molar-refractivity contribution in [3.8, 4) is 0 Å². The molecule has 1 unspecified atom stereocenters. The standard InChI is InChI=1S/C22H32N4O2/c1-2-23-20(27)17-9-12-24-19(15-17)25-14-11-22(16-25)10-6-13-26(21(22)28)18-7-4-3-5-8-18/h9,12,15,18H,2-8,10-11,13-14,16H2,1H3,(H,23,27). The summed E-state index contributed by atoms with van der Waals surface area (Å²) >= 11 is 0. The van der Waals surface area contributed by atoms with Crippen LogP contribution in [0.15, 0.2) is 18.3 Å². The topological polar surface area (TPSA) is 65.5 Å². The van der Waals surface area contributed by atoms with E-state index in [1.807, 2.05) is 13.0 Å². The van der Waals surface area contributed by atoms with E-state index in [4.69, 9.17) is 0 Å². The number of rotatable bonds is 4. The summed E-state index contributed by atoms with van der Waals surface area (Å²) in [4.78, 5) is 34.6. The van der Waals surface area contributed by atoms with Crippen molar-refractivity contribution in [2.75, 3.05) is 31.1 Å². The molecule has 2 amide bonds. The number of nitrogens with zero attached hydrogens (tertiary/aromatic N) is 3. The highest BCUT2D eigenvalue weighted by Gasteiger charge is 2.49. The second-order valence-corrected chi connectivity index (χ2v) is 8.61. The number of piperidine rings is 1. The SMILES string of the molecule is CCNC(=O)c1ccnc(N2CCC3(CCCN(C4CCCCC4)C3=O)C2)c1. The third-order valence-corrected chi connectivity index (χ3v) is 6.81. The fourth-order valence-corrected chi connectivity index (χ4v) is 5.28. The number of likely N-dealkylation sites (tertiary alicyclic amines) is 1. The zero-order chi connectivity index (χ0) is 19.6. The number of anilines is 1. The molecule has 1 N–H and O–H groups in total. The Hall–Kier alpha value is -2.11. The van der Waals surface area contributed by atoms with Crippen molar-refractivity contribution < 1.29 is 9.59 Å². The summed E-state index contributed by atoms with van der Waals surface area (Å²) in [6.07, 6.45) is 10.8. The van der Waals surface area contributed by atoms with E-state index in [9.17, 15) is 9.59 Å². The van der Waals surface area contributed by atoms with Crippen molar-refractivity contribution in [3.05, 3.63) is 23.9 Å². The minimum absolute atomic E-state index is 0.0720. The van der Waals surface area contributed by atoms with Crippen molar-refractivity contribution in [3.63, 3.8) is 0 Å². The van der Waals surface area contributed by atoms with Gasteiger partial charge in [0.1, 0.15) is 5.82 Å². The van der Waals surface area contributed by atoms with Crippen LogP contribution in [0.5, 0.6) is 0 Å². The molecule has 3 aliphatic rings. The maximum Gasteiger partial charge on any atom is 0.251 e. The van der Waals surface area contributed by atoms with E-state index in [2.05, 4.69) is 20.1 Å². The Morgan fingerprint density at radius 2 is 2.04 bits per heavy atom. The second kappa shape index (κ2) is 8.10. The summed E-state index contributed by atoms with van der Waals surface area (Å²) < 4.78 is 0. The first-order chi connectivity index (χ1) is 13.6. The zero-order valence-electron chi connectivity index (χ0n) is 17.0. The molecule has 1 aromatic heterocycles. The summed E-state index contributed by atoms with van der Waals surface area (Å²) in [6.45, 7) is 5.00. The Morgan fingerprint density at radius 1 is 1.21 bits per heavy atom. The Kier molecular flexibility index (Phi) is 5.56. The molecular formula is C22H32N4O2. The van der Waals surface area contributed by atoms with Gasteiger partial charge in [0.2, 0.25) is 5.91 Å². The van der Waals surface area contributed by atoms with E-state index < -0.39 is 0 Å². The van der Waals surface area contributed by atoms with E-state index in [0.29, 0.717) is 24.1 Å². The zero-order valence-corrected chi connectivity index (χ0v) is 17.0. The molecule has 4 rings (SSSR count). The number of hydrogen-bond donors (Lipinski definition) is 1. The molecule has 1 atom stereocenters. The lowest BCUT2D eigenvalue weighted by atomic mass is 9.77. The van der Waals surface area contributed by atoms with E-state index in [1.54, 1.807) is 12.3 Å². The molecule has 0 radical (unpaired) electrons. The molecule has 1 saturated carbocycles. The highest BCUT2D eigenvalue weighted by molar-refractivity contribution is 5.94. The van der Waals surface area contributed by atoms with Crippen molar-refractivity contribution in [2.24, 2.45) is 5.41 Å². The van der Waals surface area contributed by atoms with Crippen LogP contribution in [0.3, 0.4) is 0 Å². The number of aromatic nitrogens is 1. The number of nitrogens with one attached hydrogen (secondary N) is 1. The molecule has 1 spiro atoms. The molecule has 2 saturated heterocycles. The van der Waals surface area contributed by atoms with Crippen LogP contribution in [-0.4, -0.2) is 53.9 Å². The molecule has 28 heavy (non-hydrogen) atoms. The maximum atomic E-state index is 13.5. The molecule has 6 nitrogen and oxygen atoms in total. The van der Waals surface area contributed by atoms with Crippen LogP contribution >= 0.6 is 0 Å². The molecule has 3 heterocycles. The fourth-order valence-electron chi connectivity index (χ4n) is 5.28. The largest absolute Gasteiger partial charge is 0.355 e. The van der Waals surface area contributed by atoms with Gasteiger partial charge in [-0.3, -0.25) is 9.59 Å². The Labute approximate surface area is 167 Å².